The van der Waals surface area contributed by atoms with Gasteiger partial charge in [0.15, 0.2) is 4.99 Å². The third kappa shape index (κ3) is 4.52. The first kappa shape index (κ1) is 17.8. The first-order chi connectivity index (χ1) is 12.0. The zero-order chi connectivity index (χ0) is 17.9. The van der Waals surface area contributed by atoms with Crippen LogP contribution in [0, 0.1) is 6.92 Å². The average molecular weight is 379 g/mol. The summed E-state index contributed by atoms with van der Waals surface area (Å²) in [6, 6.07) is 13.1. The molecule has 1 atom stereocenters. The number of anilines is 2. The second-order valence-electron chi connectivity index (χ2n) is 5.85. The Bertz CT molecular complexity index is 769. The van der Waals surface area contributed by atoms with Crippen molar-refractivity contribution in [3.05, 3.63) is 53.1 Å². The quantitative estimate of drug-likeness (QED) is 0.619. The van der Waals surface area contributed by atoms with Crippen LogP contribution in [0.3, 0.4) is 0 Å². The number of aliphatic carboxylic acids is 1. The van der Waals surface area contributed by atoms with E-state index in [0.717, 1.165) is 22.7 Å². The first-order valence-electron chi connectivity index (χ1n) is 7.87. The first-order valence-corrected chi connectivity index (χ1v) is 9.23. The molecule has 3 rings (SSSR count). The fraction of sp³-hybridized carbons (Fsp3) is 0.278. The van der Waals surface area contributed by atoms with Crippen molar-refractivity contribution in [2.75, 3.05) is 23.0 Å². The topological polar surface area (TPSA) is 70.6 Å². The van der Waals surface area contributed by atoms with Gasteiger partial charge in [-0.25, -0.2) is 0 Å². The number of carboxylic acid groups (broad SMARTS) is 1. The molecule has 1 unspecified atom stereocenters. The van der Waals surface area contributed by atoms with Crippen molar-refractivity contribution in [3.8, 4) is 5.75 Å². The molecule has 2 aromatic carbocycles. The monoisotopic (exact) mass is 378 g/mol. The van der Waals surface area contributed by atoms with E-state index in [2.05, 4.69) is 10.6 Å². The fourth-order valence-electron chi connectivity index (χ4n) is 2.67. The zero-order valence-corrected chi connectivity index (χ0v) is 15.3. The van der Waals surface area contributed by atoms with Crippen LogP contribution in [0.25, 0.3) is 0 Å². The maximum atomic E-state index is 11.3. The molecule has 0 fully saturated rings. The number of benzene rings is 2. The van der Waals surface area contributed by atoms with Crippen LogP contribution in [0.15, 0.2) is 42.5 Å². The summed E-state index contributed by atoms with van der Waals surface area (Å²) in [5, 5.41) is 16.6. The van der Waals surface area contributed by atoms with E-state index in [9.17, 15) is 9.90 Å². The molecule has 0 aromatic heterocycles. The van der Waals surface area contributed by atoms with Crippen LogP contribution in [-0.2, 0) is 4.79 Å². The van der Waals surface area contributed by atoms with Crippen LogP contribution in [0.5, 0.6) is 5.75 Å². The normalized spacial score (nSPS) is 18.2. The van der Waals surface area contributed by atoms with Crippen molar-refractivity contribution >= 4 is 40.7 Å². The van der Waals surface area contributed by atoms with Crippen molar-refractivity contribution in [1.29, 1.82) is 0 Å². The highest BCUT2D eigenvalue weighted by Gasteiger charge is 2.38. The minimum atomic E-state index is -0.865. The molecule has 2 aromatic rings. The lowest BCUT2D eigenvalue weighted by molar-refractivity contribution is -0.137. The molecule has 0 saturated carbocycles. The molecule has 0 aliphatic carbocycles. The van der Waals surface area contributed by atoms with Crippen molar-refractivity contribution in [1.82, 2.24) is 0 Å². The molecule has 0 bridgehead atoms. The summed E-state index contributed by atoms with van der Waals surface area (Å²) in [7, 11) is 0. The van der Waals surface area contributed by atoms with E-state index >= 15 is 0 Å². The number of carbonyl (C=O) groups is 1. The lowest BCUT2D eigenvalue weighted by atomic mass is 10.2. The molecule has 5 nitrogen and oxygen atoms in total. The fourth-order valence-corrected chi connectivity index (χ4v) is 3.90. The minimum absolute atomic E-state index is 0.0493. The molecule has 0 saturated heterocycles. The van der Waals surface area contributed by atoms with E-state index in [1.807, 2.05) is 37.3 Å². The van der Waals surface area contributed by atoms with E-state index in [1.54, 1.807) is 12.1 Å². The molecule has 132 valence electrons. The average Bonchev–Trinajstić information content (AvgIpc) is 2.90. The van der Waals surface area contributed by atoms with Crippen LogP contribution in [0.2, 0.25) is 5.02 Å². The molecule has 1 aliphatic heterocycles. The Morgan fingerprint density at radius 2 is 1.92 bits per heavy atom. The van der Waals surface area contributed by atoms with Crippen LogP contribution >= 0.6 is 23.4 Å². The molecule has 1 heterocycles. The lowest BCUT2D eigenvalue weighted by Crippen LogP contribution is -2.41. The molecule has 0 spiro atoms. The SMILES string of the molecule is Cc1ccc2c(c1)NC(CC(=O)O)(SCCOc1ccc(Cl)cc1)N2. The van der Waals surface area contributed by atoms with Crippen molar-refractivity contribution in [3.63, 3.8) is 0 Å². The molecule has 7 heteroatoms. The second kappa shape index (κ2) is 7.45. The van der Waals surface area contributed by atoms with Gasteiger partial charge in [0, 0.05) is 10.8 Å². The predicted octanol–water partition coefficient (Wildman–Crippen LogP) is 4.43. The van der Waals surface area contributed by atoms with Gasteiger partial charge in [-0.15, -0.1) is 11.8 Å². The summed E-state index contributed by atoms with van der Waals surface area (Å²) in [6.07, 6.45) is -0.0493. The number of aryl methyl sites for hydroxylation is 1. The van der Waals surface area contributed by atoms with Gasteiger partial charge in [0.05, 0.1) is 24.4 Å². The van der Waals surface area contributed by atoms with Crippen LogP contribution in [0.1, 0.15) is 12.0 Å². The van der Waals surface area contributed by atoms with E-state index in [1.165, 1.54) is 11.8 Å². The number of fused-ring (bicyclic) bond motifs is 1. The van der Waals surface area contributed by atoms with Crippen LogP contribution in [-0.4, -0.2) is 28.4 Å². The standard InChI is InChI=1S/C18H19ClN2O3S/c1-12-2-7-15-16(10-12)21-18(20-15,11-17(22)23)25-9-8-24-14-5-3-13(19)4-6-14/h2-7,10,20-21H,8-9,11H2,1H3,(H,22,23). The van der Waals surface area contributed by atoms with Crippen LogP contribution in [0.4, 0.5) is 11.4 Å². The number of nitrogens with one attached hydrogen (secondary N) is 2. The van der Waals surface area contributed by atoms with E-state index in [0.29, 0.717) is 17.4 Å². The molecular weight excluding hydrogens is 360 g/mol. The van der Waals surface area contributed by atoms with Gasteiger partial charge < -0.3 is 20.5 Å². The lowest BCUT2D eigenvalue weighted by Gasteiger charge is -2.28. The summed E-state index contributed by atoms with van der Waals surface area (Å²) < 4.78 is 5.68. The van der Waals surface area contributed by atoms with Crippen LogP contribution < -0.4 is 15.4 Å². The van der Waals surface area contributed by atoms with Gasteiger partial charge in [-0.05, 0) is 48.9 Å². The van der Waals surface area contributed by atoms with E-state index < -0.39 is 11.0 Å². The van der Waals surface area contributed by atoms with Crippen molar-refractivity contribution < 1.29 is 14.6 Å². The van der Waals surface area contributed by atoms with E-state index in [-0.39, 0.29) is 6.42 Å². The molecule has 0 radical (unpaired) electrons. The van der Waals surface area contributed by atoms with Gasteiger partial charge in [-0.2, -0.15) is 0 Å². The Balaban J connectivity index is 1.60. The van der Waals surface area contributed by atoms with Gasteiger partial charge in [0.1, 0.15) is 5.75 Å². The highest BCUT2D eigenvalue weighted by Crippen LogP contribution is 2.42. The Hall–Kier alpha value is -2.05. The number of carboxylic acids is 1. The number of ether oxygens (including phenoxy) is 1. The maximum Gasteiger partial charge on any atom is 0.308 e. The number of hydrogen-bond donors (Lipinski definition) is 3. The number of rotatable bonds is 7. The third-order valence-corrected chi connectivity index (χ3v) is 5.23. The Morgan fingerprint density at radius 3 is 2.64 bits per heavy atom. The van der Waals surface area contributed by atoms with Gasteiger partial charge >= 0.3 is 5.97 Å². The summed E-state index contributed by atoms with van der Waals surface area (Å²) in [5.41, 5.74) is 2.96. The zero-order valence-electron chi connectivity index (χ0n) is 13.7. The maximum absolute atomic E-state index is 11.3. The molecule has 25 heavy (non-hydrogen) atoms. The Morgan fingerprint density at radius 1 is 1.20 bits per heavy atom. The summed E-state index contributed by atoms with van der Waals surface area (Å²) >= 11 is 7.34. The summed E-state index contributed by atoms with van der Waals surface area (Å²) in [4.78, 5) is 10.6. The van der Waals surface area contributed by atoms with Crippen molar-refractivity contribution in [2.24, 2.45) is 0 Å². The Labute approximate surface area is 155 Å². The van der Waals surface area contributed by atoms with Gasteiger partial charge in [0.2, 0.25) is 0 Å². The van der Waals surface area contributed by atoms with Gasteiger partial charge in [-0.3, -0.25) is 4.79 Å². The number of thioether (sulfide) groups is 1. The Kier molecular flexibility index (Phi) is 5.30. The van der Waals surface area contributed by atoms with Gasteiger partial charge in [0.25, 0.3) is 0 Å². The largest absolute Gasteiger partial charge is 0.493 e. The summed E-state index contributed by atoms with van der Waals surface area (Å²) in [6.45, 7) is 2.47. The molecular formula is C18H19ClN2O3S. The second-order valence-corrected chi connectivity index (χ2v) is 7.68. The third-order valence-electron chi connectivity index (χ3n) is 3.76. The van der Waals surface area contributed by atoms with Crippen molar-refractivity contribution in [2.45, 2.75) is 18.3 Å². The highest BCUT2D eigenvalue weighted by atomic mass is 35.5. The molecule has 1 aliphatic rings. The molecule has 0 amide bonds. The predicted molar refractivity (Wildman–Crippen MR) is 103 cm³/mol. The smallest absolute Gasteiger partial charge is 0.308 e. The van der Waals surface area contributed by atoms with Gasteiger partial charge in [-0.1, -0.05) is 17.7 Å². The number of halogens is 1. The number of hydrogen-bond acceptors (Lipinski definition) is 5. The van der Waals surface area contributed by atoms with E-state index in [4.69, 9.17) is 16.3 Å². The highest BCUT2D eigenvalue weighted by molar-refractivity contribution is 8.00. The minimum Gasteiger partial charge on any atom is -0.493 e. The molecule has 3 N–H and O–H groups in total. The summed E-state index contributed by atoms with van der Waals surface area (Å²) in [5.74, 6) is 0.502.